The van der Waals surface area contributed by atoms with Crippen LogP contribution in [0.2, 0.25) is 0 Å². The van der Waals surface area contributed by atoms with Crippen molar-refractivity contribution in [1.82, 2.24) is 0 Å². The highest BCUT2D eigenvalue weighted by Gasteiger charge is 2.17. The molecule has 0 aliphatic heterocycles. The molecule has 1 rings (SSSR count). The number of para-hydroxylation sites is 1. The van der Waals surface area contributed by atoms with Crippen molar-refractivity contribution in [1.29, 1.82) is 5.26 Å². The molecule has 0 bridgehead atoms. The molecule has 0 aromatic heterocycles. The van der Waals surface area contributed by atoms with Gasteiger partial charge in [0.1, 0.15) is 11.6 Å². The number of anilines is 1. The first kappa shape index (κ1) is 17.2. The molecule has 0 aliphatic carbocycles. The molecule has 7 heteroatoms. The number of ketones is 1. The Kier molecular flexibility index (Phi) is 6.60. The molecule has 116 valence electrons. The highest BCUT2D eigenvalue weighted by atomic mass is 16.5. The van der Waals surface area contributed by atoms with Gasteiger partial charge in [-0.25, -0.2) is 4.79 Å². The van der Waals surface area contributed by atoms with E-state index in [2.05, 4.69) is 5.32 Å². The van der Waals surface area contributed by atoms with Crippen molar-refractivity contribution in [2.24, 2.45) is 5.73 Å². The number of carbonyl (C=O) groups excluding carboxylic acids is 2. The number of hydrogen-bond acceptors (Lipinski definition) is 7. The fourth-order valence-corrected chi connectivity index (χ4v) is 1.66. The summed E-state index contributed by atoms with van der Waals surface area (Å²) < 4.78 is 4.91. The van der Waals surface area contributed by atoms with Gasteiger partial charge in [0.05, 0.1) is 12.2 Å². The summed E-state index contributed by atoms with van der Waals surface area (Å²) in [7, 11) is 0. The molecule has 0 heterocycles. The lowest BCUT2D eigenvalue weighted by Crippen LogP contribution is -2.18. The first-order valence-electron chi connectivity index (χ1n) is 6.51. The van der Waals surface area contributed by atoms with E-state index < -0.39 is 18.4 Å². The van der Waals surface area contributed by atoms with Gasteiger partial charge in [-0.05, 0) is 19.1 Å². The quantitative estimate of drug-likeness (QED) is 0.382. The van der Waals surface area contributed by atoms with Gasteiger partial charge in [-0.1, -0.05) is 12.1 Å². The van der Waals surface area contributed by atoms with Crippen molar-refractivity contribution in [3.8, 4) is 6.07 Å². The zero-order valence-corrected chi connectivity index (χ0v) is 12.1. The number of aliphatic hydroxyl groups excluding tert-OH is 1. The number of rotatable bonds is 7. The van der Waals surface area contributed by atoms with Gasteiger partial charge in [-0.15, -0.1) is 0 Å². The minimum Gasteiger partial charge on any atom is -0.454 e. The lowest BCUT2D eigenvalue weighted by Gasteiger charge is -2.10. The third kappa shape index (κ3) is 4.61. The number of aliphatic hydroxyl groups is 1. The summed E-state index contributed by atoms with van der Waals surface area (Å²) in [6, 6.07) is 8.22. The van der Waals surface area contributed by atoms with E-state index in [1.54, 1.807) is 24.3 Å². The van der Waals surface area contributed by atoms with E-state index in [-0.39, 0.29) is 30.0 Å². The molecule has 0 radical (unpaired) electrons. The molecule has 22 heavy (non-hydrogen) atoms. The average molecular weight is 303 g/mol. The normalized spacial score (nSPS) is 11.1. The first-order chi connectivity index (χ1) is 10.5. The minimum atomic E-state index is -0.707. The van der Waals surface area contributed by atoms with Gasteiger partial charge >= 0.3 is 5.97 Å². The molecule has 0 unspecified atom stereocenters. The Morgan fingerprint density at radius 2 is 2.09 bits per heavy atom. The van der Waals surface area contributed by atoms with Crippen LogP contribution in [0.4, 0.5) is 5.69 Å². The fraction of sp³-hybridized carbons (Fsp3) is 0.267. The summed E-state index contributed by atoms with van der Waals surface area (Å²) in [4.78, 5) is 23.7. The number of nitrogens with zero attached hydrogens (tertiary/aromatic N) is 1. The van der Waals surface area contributed by atoms with Gasteiger partial charge in [0.15, 0.2) is 6.61 Å². The molecule has 0 spiro atoms. The number of nitrogens with one attached hydrogen (secondary N) is 1. The summed E-state index contributed by atoms with van der Waals surface area (Å²) in [5.74, 6) is -1.36. The predicted octanol–water partition coefficient (Wildman–Crippen LogP) is 0.573. The standard InChI is InChI=1S/C15H17N3O4/c1-10(17)12(8-16)14(20)9-22-15(21)11-4-2-3-5-13(11)18-6-7-19/h2-5,18-19H,6-7,9,17H2,1H3. The Labute approximate surface area is 128 Å². The van der Waals surface area contributed by atoms with E-state index in [0.717, 1.165) is 0 Å². The molecule has 0 atom stereocenters. The molecule has 0 amide bonds. The first-order valence-corrected chi connectivity index (χ1v) is 6.51. The number of hydrogen-bond donors (Lipinski definition) is 3. The second-order valence-electron chi connectivity index (χ2n) is 4.37. The average Bonchev–Trinajstić information content (AvgIpc) is 2.51. The lowest BCUT2D eigenvalue weighted by molar-refractivity contribution is -0.118. The number of benzene rings is 1. The van der Waals surface area contributed by atoms with E-state index >= 15 is 0 Å². The van der Waals surface area contributed by atoms with Gasteiger partial charge in [0.25, 0.3) is 0 Å². The maximum atomic E-state index is 12.0. The summed E-state index contributed by atoms with van der Waals surface area (Å²) in [6.07, 6.45) is 0. The number of Topliss-reactive ketones (excluding diaryl/α,β-unsaturated/α-hetero) is 1. The molecule has 0 saturated heterocycles. The SMILES string of the molecule is CC(N)=C(C#N)C(=O)COC(=O)c1ccccc1NCCO. The zero-order valence-electron chi connectivity index (χ0n) is 12.1. The third-order valence-corrected chi connectivity index (χ3v) is 2.69. The van der Waals surface area contributed by atoms with E-state index in [1.165, 1.54) is 13.0 Å². The second-order valence-corrected chi connectivity index (χ2v) is 4.37. The Morgan fingerprint density at radius 1 is 1.41 bits per heavy atom. The Balaban J connectivity index is 2.77. The maximum Gasteiger partial charge on any atom is 0.340 e. The highest BCUT2D eigenvalue weighted by Crippen LogP contribution is 2.16. The van der Waals surface area contributed by atoms with Crippen LogP contribution in [0.15, 0.2) is 35.5 Å². The molecule has 7 nitrogen and oxygen atoms in total. The Bertz CT molecular complexity index is 628. The Morgan fingerprint density at radius 3 is 2.68 bits per heavy atom. The third-order valence-electron chi connectivity index (χ3n) is 2.69. The summed E-state index contributed by atoms with van der Waals surface area (Å²) in [5.41, 5.74) is 5.98. The van der Waals surface area contributed by atoms with Crippen LogP contribution in [0.3, 0.4) is 0 Å². The van der Waals surface area contributed by atoms with Crippen molar-refractivity contribution in [2.45, 2.75) is 6.92 Å². The van der Waals surface area contributed by atoms with Crippen LogP contribution in [0.25, 0.3) is 0 Å². The second kappa shape index (κ2) is 8.44. The summed E-state index contributed by atoms with van der Waals surface area (Å²) >= 11 is 0. The van der Waals surface area contributed by atoms with E-state index in [0.29, 0.717) is 5.69 Å². The van der Waals surface area contributed by atoms with Crippen LogP contribution in [-0.2, 0) is 9.53 Å². The maximum absolute atomic E-state index is 12.0. The predicted molar refractivity (Wildman–Crippen MR) is 79.8 cm³/mol. The minimum absolute atomic E-state index is 0.0774. The van der Waals surface area contributed by atoms with Crippen LogP contribution in [0, 0.1) is 11.3 Å². The molecule has 1 aromatic carbocycles. The molecule has 0 saturated carbocycles. The summed E-state index contributed by atoms with van der Waals surface area (Å²) in [5, 5.41) is 20.5. The van der Waals surface area contributed by atoms with Crippen LogP contribution < -0.4 is 11.1 Å². The van der Waals surface area contributed by atoms with Crippen molar-refractivity contribution >= 4 is 17.4 Å². The van der Waals surface area contributed by atoms with Gasteiger partial charge in [-0.2, -0.15) is 5.26 Å². The van der Waals surface area contributed by atoms with Gasteiger partial charge in [-0.3, -0.25) is 4.79 Å². The largest absolute Gasteiger partial charge is 0.454 e. The van der Waals surface area contributed by atoms with Crippen molar-refractivity contribution in [3.05, 3.63) is 41.1 Å². The van der Waals surface area contributed by atoms with E-state index in [9.17, 15) is 9.59 Å². The van der Waals surface area contributed by atoms with E-state index in [4.69, 9.17) is 20.8 Å². The topological polar surface area (TPSA) is 125 Å². The van der Waals surface area contributed by atoms with Gasteiger partial charge in [0, 0.05) is 17.9 Å². The Hall–Kier alpha value is -2.85. The number of ether oxygens (including phenoxy) is 1. The van der Waals surface area contributed by atoms with Crippen LogP contribution in [0.5, 0.6) is 0 Å². The molecule has 0 aliphatic rings. The number of esters is 1. The molecular formula is C15H17N3O4. The van der Waals surface area contributed by atoms with E-state index in [1.807, 2.05) is 0 Å². The number of nitriles is 1. The van der Waals surface area contributed by atoms with Gasteiger partial charge < -0.3 is 20.9 Å². The van der Waals surface area contributed by atoms with Crippen LogP contribution >= 0.6 is 0 Å². The number of nitrogens with two attached hydrogens (primary N) is 1. The van der Waals surface area contributed by atoms with Gasteiger partial charge in [0.2, 0.25) is 5.78 Å². The highest BCUT2D eigenvalue weighted by molar-refractivity contribution is 6.03. The number of allylic oxidation sites excluding steroid dienone is 1. The summed E-state index contributed by atoms with van der Waals surface area (Å²) in [6.45, 7) is 1.04. The van der Waals surface area contributed by atoms with Crippen molar-refractivity contribution < 1.29 is 19.4 Å². The monoisotopic (exact) mass is 303 g/mol. The van der Waals surface area contributed by atoms with Crippen LogP contribution in [-0.4, -0.2) is 36.6 Å². The van der Waals surface area contributed by atoms with Crippen molar-refractivity contribution in [2.75, 3.05) is 25.1 Å². The molecular weight excluding hydrogens is 286 g/mol. The molecule has 4 N–H and O–H groups in total. The molecule has 1 aromatic rings. The lowest BCUT2D eigenvalue weighted by atomic mass is 10.1. The number of carbonyl (C=O) groups is 2. The molecule has 0 fully saturated rings. The van der Waals surface area contributed by atoms with Crippen LogP contribution in [0.1, 0.15) is 17.3 Å². The smallest absolute Gasteiger partial charge is 0.340 e. The fourth-order valence-electron chi connectivity index (χ4n) is 1.66. The van der Waals surface area contributed by atoms with Crippen molar-refractivity contribution in [3.63, 3.8) is 0 Å². The zero-order chi connectivity index (χ0) is 16.5.